The summed E-state index contributed by atoms with van der Waals surface area (Å²) in [7, 11) is 1.56. The minimum absolute atomic E-state index is 0.190. The van der Waals surface area contributed by atoms with Crippen LogP contribution in [0.5, 0.6) is 0 Å². The van der Waals surface area contributed by atoms with Gasteiger partial charge in [-0.25, -0.2) is 4.79 Å². The predicted molar refractivity (Wildman–Crippen MR) is 104 cm³/mol. The van der Waals surface area contributed by atoms with E-state index in [0.29, 0.717) is 6.42 Å². The molecule has 1 N–H and O–H groups in total. The SMILES string of the molecule is COCOCC#CC(CCc1ccccc1)NC(=O)OCc1ccccc1. The molecule has 0 aliphatic rings. The highest BCUT2D eigenvalue weighted by atomic mass is 16.7. The van der Waals surface area contributed by atoms with Crippen molar-refractivity contribution in [1.82, 2.24) is 5.32 Å². The van der Waals surface area contributed by atoms with Gasteiger partial charge in [0, 0.05) is 7.11 Å². The third kappa shape index (κ3) is 8.91. The summed E-state index contributed by atoms with van der Waals surface area (Å²) < 4.78 is 15.3. The van der Waals surface area contributed by atoms with Gasteiger partial charge in [-0.15, -0.1) is 0 Å². The van der Waals surface area contributed by atoms with Crippen LogP contribution in [0.2, 0.25) is 0 Å². The van der Waals surface area contributed by atoms with Crippen molar-refractivity contribution in [1.29, 1.82) is 0 Å². The minimum atomic E-state index is -0.482. The molecule has 142 valence electrons. The molecule has 0 aromatic heterocycles. The third-order valence-electron chi connectivity index (χ3n) is 3.72. The molecule has 0 saturated heterocycles. The van der Waals surface area contributed by atoms with Gasteiger partial charge in [0.2, 0.25) is 0 Å². The average molecular weight is 367 g/mol. The maximum atomic E-state index is 12.1. The lowest BCUT2D eigenvalue weighted by molar-refractivity contribution is -0.0166. The lowest BCUT2D eigenvalue weighted by Gasteiger charge is -2.14. The number of amides is 1. The number of methoxy groups -OCH3 is 1. The molecule has 1 amide bonds. The Balaban J connectivity index is 1.86. The number of aryl methyl sites for hydroxylation is 1. The van der Waals surface area contributed by atoms with Crippen LogP contribution in [0.15, 0.2) is 60.7 Å². The molecular weight excluding hydrogens is 342 g/mol. The van der Waals surface area contributed by atoms with Gasteiger partial charge in [0.15, 0.2) is 0 Å². The zero-order valence-corrected chi connectivity index (χ0v) is 15.5. The number of hydrogen-bond donors (Lipinski definition) is 1. The molecule has 5 nitrogen and oxygen atoms in total. The topological polar surface area (TPSA) is 56.8 Å². The van der Waals surface area contributed by atoms with Crippen LogP contribution >= 0.6 is 0 Å². The third-order valence-corrected chi connectivity index (χ3v) is 3.72. The number of nitrogens with one attached hydrogen (secondary N) is 1. The van der Waals surface area contributed by atoms with Crippen molar-refractivity contribution in [2.45, 2.75) is 25.5 Å². The Labute approximate surface area is 160 Å². The van der Waals surface area contributed by atoms with Gasteiger partial charge in [-0.05, 0) is 24.0 Å². The van der Waals surface area contributed by atoms with Crippen molar-refractivity contribution in [3.63, 3.8) is 0 Å². The molecule has 2 aromatic carbocycles. The first-order valence-electron chi connectivity index (χ1n) is 8.84. The second kappa shape index (κ2) is 12.5. The van der Waals surface area contributed by atoms with Crippen LogP contribution in [-0.2, 0) is 27.2 Å². The van der Waals surface area contributed by atoms with E-state index >= 15 is 0 Å². The van der Waals surface area contributed by atoms with Gasteiger partial charge in [-0.2, -0.15) is 0 Å². The van der Waals surface area contributed by atoms with Gasteiger partial charge in [-0.3, -0.25) is 0 Å². The highest BCUT2D eigenvalue weighted by Crippen LogP contribution is 2.06. The maximum absolute atomic E-state index is 12.1. The first kappa shape index (κ1) is 20.5. The fourth-order valence-electron chi connectivity index (χ4n) is 2.38. The molecule has 27 heavy (non-hydrogen) atoms. The molecule has 0 radical (unpaired) electrons. The van der Waals surface area contributed by atoms with E-state index in [1.165, 1.54) is 5.56 Å². The Kier molecular flexibility index (Phi) is 9.51. The lowest BCUT2D eigenvalue weighted by atomic mass is 10.1. The van der Waals surface area contributed by atoms with Crippen LogP contribution in [0.3, 0.4) is 0 Å². The number of benzene rings is 2. The summed E-state index contributed by atoms with van der Waals surface area (Å²) in [5, 5.41) is 2.83. The van der Waals surface area contributed by atoms with E-state index in [2.05, 4.69) is 29.3 Å². The predicted octanol–water partition coefficient (Wildman–Crippen LogP) is 3.54. The van der Waals surface area contributed by atoms with E-state index in [1.807, 2.05) is 48.5 Å². The fraction of sp³-hybridized carbons (Fsp3) is 0.318. The van der Waals surface area contributed by atoms with Gasteiger partial charge >= 0.3 is 6.09 Å². The monoisotopic (exact) mass is 367 g/mol. The van der Waals surface area contributed by atoms with Crippen LogP contribution in [-0.4, -0.2) is 32.6 Å². The number of alkyl carbamates (subject to hydrolysis) is 1. The number of ether oxygens (including phenoxy) is 3. The molecule has 5 heteroatoms. The highest BCUT2D eigenvalue weighted by Gasteiger charge is 2.11. The van der Waals surface area contributed by atoms with Crippen molar-refractivity contribution in [3.05, 3.63) is 71.8 Å². The Morgan fingerprint density at radius 2 is 1.70 bits per heavy atom. The van der Waals surface area contributed by atoms with Crippen molar-refractivity contribution in [2.75, 3.05) is 20.5 Å². The molecular formula is C22H25NO4. The number of rotatable bonds is 9. The van der Waals surface area contributed by atoms with Crippen molar-refractivity contribution < 1.29 is 19.0 Å². The van der Waals surface area contributed by atoms with Crippen LogP contribution in [0.1, 0.15) is 17.5 Å². The zero-order chi connectivity index (χ0) is 19.2. The second-order valence-corrected chi connectivity index (χ2v) is 5.86. The normalized spacial score (nSPS) is 11.1. The molecule has 0 aliphatic carbocycles. The first-order valence-corrected chi connectivity index (χ1v) is 8.84. The summed E-state index contributed by atoms with van der Waals surface area (Å²) >= 11 is 0. The Morgan fingerprint density at radius 3 is 2.37 bits per heavy atom. The molecule has 0 aliphatic heterocycles. The highest BCUT2D eigenvalue weighted by molar-refractivity contribution is 5.68. The second-order valence-electron chi connectivity index (χ2n) is 5.86. The van der Waals surface area contributed by atoms with E-state index in [4.69, 9.17) is 14.2 Å². The van der Waals surface area contributed by atoms with E-state index in [9.17, 15) is 4.79 Å². The maximum Gasteiger partial charge on any atom is 0.408 e. The smallest absolute Gasteiger partial charge is 0.408 e. The molecule has 0 fully saturated rings. The molecule has 2 aromatic rings. The largest absolute Gasteiger partial charge is 0.445 e. The number of hydrogen-bond acceptors (Lipinski definition) is 4. The van der Waals surface area contributed by atoms with Gasteiger partial charge in [0.25, 0.3) is 0 Å². The van der Waals surface area contributed by atoms with Crippen LogP contribution < -0.4 is 5.32 Å². The van der Waals surface area contributed by atoms with Gasteiger partial charge < -0.3 is 19.5 Å². The number of carbonyl (C=O) groups excluding carboxylic acids is 1. The quantitative estimate of drug-likeness (QED) is 0.418. The molecule has 0 heterocycles. The Morgan fingerprint density at radius 1 is 1.04 bits per heavy atom. The van der Waals surface area contributed by atoms with Crippen molar-refractivity contribution >= 4 is 6.09 Å². The summed E-state index contributed by atoms with van der Waals surface area (Å²) in [5.41, 5.74) is 2.13. The standard InChI is InChI=1S/C22H25NO4/c1-25-18-26-16-8-13-21(15-14-19-9-4-2-5-10-19)23-22(24)27-17-20-11-6-3-7-12-20/h2-7,9-12,21H,14-18H2,1H3,(H,23,24). The minimum Gasteiger partial charge on any atom is -0.445 e. The zero-order valence-electron chi connectivity index (χ0n) is 15.5. The summed E-state index contributed by atoms with van der Waals surface area (Å²) in [6.07, 6.45) is 1.00. The molecule has 1 unspecified atom stereocenters. The van der Waals surface area contributed by atoms with E-state index < -0.39 is 6.09 Å². The molecule has 0 bridgehead atoms. The molecule has 0 spiro atoms. The van der Waals surface area contributed by atoms with Crippen LogP contribution in [0.25, 0.3) is 0 Å². The first-order chi connectivity index (χ1) is 13.3. The van der Waals surface area contributed by atoms with Gasteiger partial charge in [0.1, 0.15) is 20.0 Å². The Bertz CT molecular complexity index is 722. The lowest BCUT2D eigenvalue weighted by Crippen LogP contribution is -2.34. The van der Waals surface area contributed by atoms with Gasteiger partial charge in [-0.1, -0.05) is 72.5 Å². The summed E-state index contributed by atoms with van der Waals surface area (Å²) in [6.45, 7) is 0.661. The molecule has 2 rings (SSSR count). The average Bonchev–Trinajstić information content (AvgIpc) is 2.71. The fourth-order valence-corrected chi connectivity index (χ4v) is 2.38. The summed E-state index contributed by atoms with van der Waals surface area (Å²) in [6, 6.07) is 19.3. The van der Waals surface area contributed by atoms with Gasteiger partial charge in [0.05, 0.1) is 6.04 Å². The van der Waals surface area contributed by atoms with E-state index in [1.54, 1.807) is 7.11 Å². The van der Waals surface area contributed by atoms with Crippen molar-refractivity contribution in [2.24, 2.45) is 0 Å². The van der Waals surface area contributed by atoms with E-state index in [0.717, 1.165) is 12.0 Å². The summed E-state index contributed by atoms with van der Waals surface area (Å²) in [5.74, 6) is 5.95. The van der Waals surface area contributed by atoms with Crippen molar-refractivity contribution in [3.8, 4) is 11.8 Å². The van der Waals surface area contributed by atoms with E-state index in [-0.39, 0.29) is 26.0 Å². The molecule has 1 atom stereocenters. The Hall–Kier alpha value is -2.81. The van der Waals surface area contributed by atoms with Crippen LogP contribution in [0.4, 0.5) is 4.79 Å². The summed E-state index contributed by atoms with van der Waals surface area (Å²) in [4.78, 5) is 12.1. The number of carbonyl (C=O) groups is 1. The molecule has 0 saturated carbocycles. The van der Waals surface area contributed by atoms with Crippen LogP contribution in [0, 0.1) is 11.8 Å².